The van der Waals surface area contributed by atoms with Crippen molar-refractivity contribution in [3.8, 4) is 5.75 Å². The van der Waals surface area contributed by atoms with Gasteiger partial charge in [0.15, 0.2) is 0 Å². The minimum atomic E-state index is -0.801. The smallest absolute Gasteiger partial charge is 0.252 e. The Bertz CT molecular complexity index is 632. The summed E-state index contributed by atoms with van der Waals surface area (Å²) >= 11 is 5.66. The zero-order valence-electron chi connectivity index (χ0n) is 12.1. The van der Waals surface area contributed by atoms with E-state index in [1.165, 1.54) is 12.3 Å². The maximum atomic E-state index is 11.8. The second-order valence-corrected chi connectivity index (χ2v) is 5.25. The van der Waals surface area contributed by atoms with E-state index in [1.54, 1.807) is 6.07 Å². The van der Waals surface area contributed by atoms with Crippen molar-refractivity contribution >= 4 is 17.5 Å². The topological polar surface area (TPSA) is 71.5 Å². The van der Waals surface area contributed by atoms with Crippen LogP contribution in [0.3, 0.4) is 0 Å². The molecule has 0 spiro atoms. The van der Waals surface area contributed by atoms with E-state index in [2.05, 4.69) is 10.3 Å². The van der Waals surface area contributed by atoms with E-state index in [9.17, 15) is 9.90 Å². The molecule has 116 valence electrons. The molecule has 0 fully saturated rings. The SMILES string of the molecule is Cc1cccc(OCC(O)CNC(=O)c2ccc(Cl)nc2)c1. The number of aromatic nitrogens is 1. The van der Waals surface area contributed by atoms with Crippen molar-refractivity contribution in [3.05, 3.63) is 58.9 Å². The molecule has 0 aliphatic carbocycles. The lowest BCUT2D eigenvalue weighted by molar-refractivity contribution is 0.0843. The summed E-state index contributed by atoms with van der Waals surface area (Å²) in [6.07, 6.45) is 0.581. The maximum Gasteiger partial charge on any atom is 0.252 e. The van der Waals surface area contributed by atoms with Crippen LogP contribution in [0.2, 0.25) is 5.15 Å². The Morgan fingerprint density at radius 1 is 1.41 bits per heavy atom. The first-order valence-electron chi connectivity index (χ1n) is 6.82. The molecule has 1 heterocycles. The summed E-state index contributed by atoms with van der Waals surface area (Å²) in [5.74, 6) is 0.367. The number of hydrogen-bond donors (Lipinski definition) is 2. The molecule has 22 heavy (non-hydrogen) atoms. The number of nitrogens with zero attached hydrogens (tertiary/aromatic N) is 1. The average molecular weight is 321 g/mol. The number of aryl methyl sites for hydroxylation is 1. The number of rotatable bonds is 6. The number of pyridine rings is 1. The Kier molecular flexibility index (Phi) is 5.75. The quantitative estimate of drug-likeness (QED) is 0.801. The zero-order chi connectivity index (χ0) is 15.9. The van der Waals surface area contributed by atoms with Crippen LogP contribution in [-0.4, -0.2) is 35.3 Å². The summed E-state index contributed by atoms with van der Waals surface area (Å²) in [5.41, 5.74) is 1.46. The van der Waals surface area contributed by atoms with Crippen LogP contribution in [0.15, 0.2) is 42.6 Å². The Balaban J connectivity index is 1.76. The number of aliphatic hydroxyl groups excluding tert-OH is 1. The minimum absolute atomic E-state index is 0.0906. The highest BCUT2D eigenvalue weighted by Gasteiger charge is 2.10. The van der Waals surface area contributed by atoms with Gasteiger partial charge in [-0.15, -0.1) is 0 Å². The molecular formula is C16H17ClN2O3. The minimum Gasteiger partial charge on any atom is -0.491 e. The molecule has 0 radical (unpaired) electrons. The number of carbonyl (C=O) groups is 1. The van der Waals surface area contributed by atoms with Gasteiger partial charge in [0, 0.05) is 12.7 Å². The van der Waals surface area contributed by atoms with Crippen molar-refractivity contribution in [1.29, 1.82) is 0 Å². The first-order valence-corrected chi connectivity index (χ1v) is 7.19. The summed E-state index contributed by atoms with van der Waals surface area (Å²) in [4.78, 5) is 15.7. The van der Waals surface area contributed by atoms with Gasteiger partial charge in [-0.2, -0.15) is 0 Å². The summed E-state index contributed by atoms with van der Waals surface area (Å²) in [6, 6.07) is 10.6. The molecule has 2 aromatic rings. The Labute approximate surface area is 133 Å². The van der Waals surface area contributed by atoms with E-state index in [0.717, 1.165) is 5.56 Å². The van der Waals surface area contributed by atoms with E-state index in [4.69, 9.17) is 16.3 Å². The molecule has 0 saturated heterocycles. The molecule has 0 aliphatic heterocycles. The van der Waals surface area contributed by atoms with Gasteiger partial charge in [0.1, 0.15) is 23.6 Å². The van der Waals surface area contributed by atoms with Crippen molar-refractivity contribution in [1.82, 2.24) is 10.3 Å². The molecule has 1 amide bonds. The highest BCUT2D eigenvalue weighted by molar-refractivity contribution is 6.29. The number of nitrogens with one attached hydrogen (secondary N) is 1. The number of carbonyl (C=O) groups excluding carboxylic acids is 1. The highest BCUT2D eigenvalue weighted by atomic mass is 35.5. The molecule has 1 unspecified atom stereocenters. The van der Waals surface area contributed by atoms with Crippen LogP contribution in [0.1, 0.15) is 15.9 Å². The second-order valence-electron chi connectivity index (χ2n) is 4.86. The summed E-state index contributed by atoms with van der Waals surface area (Å²) < 4.78 is 5.47. The van der Waals surface area contributed by atoms with E-state index in [0.29, 0.717) is 16.5 Å². The third-order valence-corrected chi connectivity index (χ3v) is 3.14. The van der Waals surface area contributed by atoms with Gasteiger partial charge < -0.3 is 15.2 Å². The molecule has 1 atom stereocenters. The highest BCUT2D eigenvalue weighted by Crippen LogP contribution is 2.12. The monoisotopic (exact) mass is 320 g/mol. The number of amides is 1. The lowest BCUT2D eigenvalue weighted by Gasteiger charge is -2.13. The fraction of sp³-hybridized carbons (Fsp3) is 0.250. The lowest BCUT2D eigenvalue weighted by atomic mass is 10.2. The van der Waals surface area contributed by atoms with E-state index in [-0.39, 0.29) is 19.1 Å². The third kappa shape index (κ3) is 5.02. The number of benzene rings is 1. The summed E-state index contributed by atoms with van der Waals surface area (Å²) in [7, 11) is 0. The van der Waals surface area contributed by atoms with Gasteiger partial charge in [-0.25, -0.2) is 4.98 Å². The predicted octanol–water partition coefficient (Wildman–Crippen LogP) is 2.21. The van der Waals surface area contributed by atoms with Crippen molar-refractivity contribution in [2.24, 2.45) is 0 Å². The first kappa shape index (κ1) is 16.3. The predicted molar refractivity (Wildman–Crippen MR) is 84.3 cm³/mol. The molecule has 0 bridgehead atoms. The van der Waals surface area contributed by atoms with Crippen molar-refractivity contribution < 1.29 is 14.6 Å². The van der Waals surface area contributed by atoms with E-state index in [1.807, 2.05) is 31.2 Å². The Hall–Kier alpha value is -2.11. The van der Waals surface area contributed by atoms with Gasteiger partial charge in [0.2, 0.25) is 0 Å². The van der Waals surface area contributed by atoms with Crippen LogP contribution in [0, 0.1) is 6.92 Å². The number of ether oxygens (including phenoxy) is 1. The third-order valence-electron chi connectivity index (χ3n) is 2.92. The van der Waals surface area contributed by atoms with Crippen LogP contribution in [-0.2, 0) is 0 Å². The van der Waals surface area contributed by atoms with Gasteiger partial charge in [0.05, 0.1) is 5.56 Å². The summed E-state index contributed by atoms with van der Waals surface area (Å²) in [5, 5.41) is 12.8. The number of halogens is 1. The van der Waals surface area contributed by atoms with Gasteiger partial charge in [-0.3, -0.25) is 4.79 Å². The van der Waals surface area contributed by atoms with Crippen LogP contribution < -0.4 is 10.1 Å². The van der Waals surface area contributed by atoms with Crippen LogP contribution >= 0.6 is 11.6 Å². The van der Waals surface area contributed by atoms with Crippen LogP contribution in [0.4, 0.5) is 0 Å². The fourth-order valence-corrected chi connectivity index (χ4v) is 1.89. The van der Waals surface area contributed by atoms with Crippen LogP contribution in [0.5, 0.6) is 5.75 Å². The number of aliphatic hydroxyl groups is 1. The Morgan fingerprint density at radius 3 is 2.91 bits per heavy atom. The molecule has 0 aliphatic rings. The summed E-state index contributed by atoms with van der Waals surface area (Å²) in [6.45, 7) is 2.15. The van der Waals surface area contributed by atoms with E-state index >= 15 is 0 Å². The zero-order valence-corrected chi connectivity index (χ0v) is 12.9. The molecule has 5 nitrogen and oxygen atoms in total. The number of hydrogen-bond acceptors (Lipinski definition) is 4. The van der Waals surface area contributed by atoms with Gasteiger partial charge in [0.25, 0.3) is 5.91 Å². The lowest BCUT2D eigenvalue weighted by Crippen LogP contribution is -2.35. The standard InChI is InChI=1S/C16H17ClN2O3/c1-11-3-2-4-14(7-11)22-10-13(20)9-19-16(21)12-5-6-15(17)18-8-12/h2-8,13,20H,9-10H2,1H3,(H,19,21). The molecule has 0 saturated carbocycles. The normalized spacial score (nSPS) is 11.8. The van der Waals surface area contributed by atoms with Crippen molar-refractivity contribution in [3.63, 3.8) is 0 Å². The largest absolute Gasteiger partial charge is 0.491 e. The molecule has 1 aromatic carbocycles. The average Bonchev–Trinajstić information content (AvgIpc) is 2.51. The van der Waals surface area contributed by atoms with Gasteiger partial charge >= 0.3 is 0 Å². The van der Waals surface area contributed by atoms with Gasteiger partial charge in [-0.05, 0) is 36.8 Å². The molecule has 1 aromatic heterocycles. The molecule has 6 heteroatoms. The Morgan fingerprint density at radius 2 is 2.23 bits per heavy atom. The van der Waals surface area contributed by atoms with Crippen molar-refractivity contribution in [2.75, 3.05) is 13.2 Å². The fourth-order valence-electron chi connectivity index (χ4n) is 1.78. The van der Waals surface area contributed by atoms with E-state index < -0.39 is 6.10 Å². The molecule has 2 N–H and O–H groups in total. The first-order chi connectivity index (χ1) is 10.5. The molecule has 2 rings (SSSR count). The molecular weight excluding hydrogens is 304 g/mol. The van der Waals surface area contributed by atoms with Crippen molar-refractivity contribution in [2.45, 2.75) is 13.0 Å². The second kappa shape index (κ2) is 7.77. The van der Waals surface area contributed by atoms with Crippen LogP contribution in [0.25, 0.3) is 0 Å². The van der Waals surface area contributed by atoms with Gasteiger partial charge in [-0.1, -0.05) is 23.7 Å². The maximum absolute atomic E-state index is 11.8.